The van der Waals surface area contributed by atoms with Gasteiger partial charge in [-0.25, -0.2) is 0 Å². The van der Waals surface area contributed by atoms with Crippen LogP contribution in [0.4, 0.5) is 0 Å². The molecule has 0 radical (unpaired) electrons. The normalized spacial score (nSPS) is 27.4. The molecule has 3 atom stereocenters. The molecule has 216 valence electrons. The molecule has 40 heavy (non-hydrogen) atoms. The van der Waals surface area contributed by atoms with E-state index in [1.807, 2.05) is 34.9 Å². The molecule has 0 unspecified atom stereocenters. The molecule has 2 N–H and O–H groups in total. The first-order chi connectivity index (χ1) is 19.4. The molecule has 0 aliphatic carbocycles. The summed E-state index contributed by atoms with van der Waals surface area (Å²) in [5.74, 6) is -1.01. The first-order valence-electron chi connectivity index (χ1n) is 14.8. The van der Waals surface area contributed by atoms with Gasteiger partial charge in [-0.05, 0) is 62.8 Å². The summed E-state index contributed by atoms with van der Waals surface area (Å²) >= 11 is 6.36. The fourth-order valence-corrected chi connectivity index (χ4v) is 7.53. The number of nitrogens with zero attached hydrogens (tertiary/aromatic N) is 3. The molecule has 9 nitrogen and oxygen atoms in total. The van der Waals surface area contributed by atoms with Crippen molar-refractivity contribution in [2.45, 2.75) is 51.0 Å². The number of aromatic nitrogens is 1. The molecule has 1 aromatic carbocycles. The van der Waals surface area contributed by atoms with E-state index >= 15 is 0 Å². The Morgan fingerprint density at radius 2 is 1.90 bits per heavy atom. The summed E-state index contributed by atoms with van der Waals surface area (Å²) in [6.45, 7) is 8.54. The molecular weight excluding hydrogens is 530 g/mol. The van der Waals surface area contributed by atoms with E-state index in [9.17, 15) is 14.4 Å². The van der Waals surface area contributed by atoms with E-state index in [0.717, 1.165) is 87.4 Å². The van der Waals surface area contributed by atoms with E-state index in [-0.39, 0.29) is 24.1 Å². The van der Waals surface area contributed by atoms with Crippen LogP contribution in [0.5, 0.6) is 0 Å². The van der Waals surface area contributed by atoms with Gasteiger partial charge in [0.15, 0.2) is 0 Å². The number of fused-ring (bicyclic) bond motifs is 5. The van der Waals surface area contributed by atoms with E-state index in [2.05, 4.69) is 15.2 Å². The van der Waals surface area contributed by atoms with Crippen LogP contribution in [-0.2, 0) is 31.1 Å². The number of ether oxygens (including phenoxy) is 1. The Bertz CT molecular complexity index is 1280. The fraction of sp³-hybridized carbons (Fsp3) is 0.633. The predicted molar refractivity (Wildman–Crippen MR) is 153 cm³/mol. The molecule has 4 aliphatic rings. The van der Waals surface area contributed by atoms with Gasteiger partial charge in [-0.1, -0.05) is 11.6 Å². The van der Waals surface area contributed by atoms with Gasteiger partial charge < -0.3 is 24.8 Å². The summed E-state index contributed by atoms with van der Waals surface area (Å²) in [4.78, 5) is 51.0. The van der Waals surface area contributed by atoms with Crippen molar-refractivity contribution < 1.29 is 19.1 Å². The van der Waals surface area contributed by atoms with Crippen LogP contribution in [0.25, 0.3) is 10.9 Å². The predicted octanol–water partition coefficient (Wildman–Crippen LogP) is 2.91. The Labute approximate surface area is 240 Å². The number of hydrogen-bond acceptors (Lipinski definition) is 5. The third kappa shape index (κ3) is 5.01. The van der Waals surface area contributed by atoms with Crippen molar-refractivity contribution in [2.75, 3.05) is 59.0 Å². The number of halogens is 1. The molecule has 5 heterocycles. The molecule has 0 saturated carbocycles. The number of nitrogens with one attached hydrogen (secondary N) is 2. The number of amides is 3. The SMILES string of the molecule is C[C@]12c3[nH]c4ccc(Cl)cc4c3CCN1C(=O)[C@@H](CC(=O)NCCN1CCOCC1)C[C@@H]2C(=O)N1CCCCC1. The van der Waals surface area contributed by atoms with Crippen molar-refractivity contribution in [2.24, 2.45) is 11.8 Å². The second-order valence-corrected chi connectivity index (χ2v) is 12.4. The number of hydrogen-bond donors (Lipinski definition) is 2. The molecule has 4 aliphatic heterocycles. The molecule has 3 saturated heterocycles. The average Bonchev–Trinajstić information content (AvgIpc) is 3.34. The number of H-pyrrole nitrogens is 1. The van der Waals surface area contributed by atoms with E-state index in [4.69, 9.17) is 16.3 Å². The second kappa shape index (κ2) is 11.3. The van der Waals surface area contributed by atoms with Crippen molar-refractivity contribution in [3.05, 3.63) is 34.5 Å². The quantitative estimate of drug-likeness (QED) is 0.557. The molecule has 3 amide bonds. The zero-order valence-corrected chi connectivity index (χ0v) is 24.1. The van der Waals surface area contributed by atoms with Gasteiger partial charge in [0, 0.05) is 79.8 Å². The van der Waals surface area contributed by atoms with Crippen molar-refractivity contribution in [3.63, 3.8) is 0 Å². The summed E-state index contributed by atoms with van der Waals surface area (Å²) in [6, 6.07) is 5.81. The summed E-state index contributed by atoms with van der Waals surface area (Å²) in [5.41, 5.74) is 2.23. The minimum absolute atomic E-state index is 0.0316. The van der Waals surface area contributed by atoms with Gasteiger partial charge in [0.2, 0.25) is 17.7 Å². The minimum atomic E-state index is -0.812. The lowest BCUT2D eigenvalue weighted by Gasteiger charge is -2.54. The molecule has 0 bridgehead atoms. The lowest BCUT2D eigenvalue weighted by molar-refractivity contribution is -0.164. The third-order valence-electron chi connectivity index (χ3n) is 9.59. The van der Waals surface area contributed by atoms with Gasteiger partial charge in [-0.3, -0.25) is 19.3 Å². The summed E-state index contributed by atoms with van der Waals surface area (Å²) in [5, 5.41) is 4.75. The largest absolute Gasteiger partial charge is 0.379 e. The van der Waals surface area contributed by atoms with E-state index < -0.39 is 17.4 Å². The lowest BCUT2D eigenvalue weighted by Crippen LogP contribution is -2.64. The molecule has 2 aromatic rings. The van der Waals surface area contributed by atoms with Crippen LogP contribution in [0.15, 0.2) is 18.2 Å². The van der Waals surface area contributed by atoms with Crippen molar-refractivity contribution in [3.8, 4) is 0 Å². The zero-order chi connectivity index (χ0) is 27.9. The van der Waals surface area contributed by atoms with Crippen LogP contribution in [0.1, 0.15) is 50.3 Å². The zero-order valence-electron chi connectivity index (χ0n) is 23.3. The van der Waals surface area contributed by atoms with Crippen molar-refractivity contribution >= 4 is 40.2 Å². The second-order valence-electron chi connectivity index (χ2n) is 11.9. The Hall–Kier alpha value is -2.62. The number of benzene rings is 1. The van der Waals surface area contributed by atoms with Crippen LogP contribution in [0.3, 0.4) is 0 Å². The maximum Gasteiger partial charge on any atom is 0.228 e. The molecule has 1 aromatic heterocycles. The molecule has 0 spiro atoms. The van der Waals surface area contributed by atoms with Gasteiger partial charge in [0.1, 0.15) is 0 Å². The van der Waals surface area contributed by atoms with Crippen molar-refractivity contribution in [1.82, 2.24) is 25.0 Å². The smallest absolute Gasteiger partial charge is 0.228 e. The number of carbonyl (C=O) groups is 3. The van der Waals surface area contributed by atoms with E-state index in [1.54, 1.807) is 0 Å². The van der Waals surface area contributed by atoms with Crippen LogP contribution >= 0.6 is 11.6 Å². The first-order valence-corrected chi connectivity index (χ1v) is 15.2. The molecular formula is C30H40ClN5O4. The number of piperidine rings is 2. The lowest BCUT2D eigenvalue weighted by atomic mass is 9.67. The highest BCUT2D eigenvalue weighted by Gasteiger charge is 2.57. The van der Waals surface area contributed by atoms with Gasteiger partial charge in [-0.2, -0.15) is 0 Å². The number of rotatable bonds is 6. The first kappa shape index (κ1) is 27.5. The highest BCUT2D eigenvalue weighted by atomic mass is 35.5. The maximum absolute atomic E-state index is 14.2. The van der Waals surface area contributed by atoms with Crippen LogP contribution < -0.4 is 5.32 Å². The van der Waals surface area contributed by atoms with Gasteiger partial charge in [0.25, 0.3) is 0 Å². The average molecular weight is 570 g/mol. The highest BCUT2D eigenvalue weighted by molar-refractivity contribution is 6.31. The molecule has 3 fully saturated rings. The monoisotopic (exact) mass is 569 g/mol. The summed E-state index contributed by atoms with van der Waals surface area (Å²) < 4.78 is 5.40. The fourth-order valence-electron chi connectivity index (χ4n) is 7.36. The Balaban J connectivity index is 1.26. The number of morpholine rings is 1. The standard InChI is InChI=1S/C30H40ClN5O4/c1-30-24(29(39)35-9-3-2-4-10-35)17-20(18-26(37)32-8-12-34-13-15-40-16-14-34)28(38)36(30)11-7-22-23-19-21(31)5-6-25(23)33-27(22)30/h5-6,19-20,24,33H,2-4,7-18H2,1H3,(H,32,37)/t20-,24-,30+/m1/s1. The number of aromatic amines is 1. The number of carbonyl (C=O) groups excluding carboxylic acids is 3. The maximum atomic E-state index is 14.2. The molecule has 10 heteroatoms. The van der Waals surface area contributed by atoms with Crippen LogP contribution in [0.2, 0.25) is 5.02 Å². The van der Waals surface area contributed by atoms with Crippen LogP contribution in [-0.4, -0.2) is 96.4 Å². The van der Waals surface area contributed by atoms with Crippen LogP contribution in [0, 0.1) is 11.8 Å². The van der Waals surface area contributed by atoms with Gasteiger partial charge >= 0.3 is 0 Å². The van der Waals surface area contributed by atoms with E-state index in [1.165, 1.54) is 0 Å². The minimum Gasteiger partial charge on any atom is -0.379 e. The Morgan fingerprint density at radius 3 is 2.67 bits per heavy atom. The molecule has 6 rings (SSSR count). The highest BCUT2D eigenvalue weighted by Crippen LogP contribution is 2.50. The Kier molecular flexibility index (Phi) is 7.81. The van der Waals surface area contributed by atoms with Crippen molar-refractivity contribution in [1.29, 1.82) is 0 Å². The van der Waals surface area contributed by atoms with Gasteiger partial charge in [-0.15, -0.1) is 0 Å². The van der Waals surface area contributed by atoms with Gasteiger partial charge in [0.05, 0.1) is 24.7 Å². The number of likely N-dealkylation sites (tertiary alicyclic amines) is 1. The topological polar surface area (TPSA) is 98.0 Å². The van der Waals surface area contributed by atoms with E-state index in [0.29, 0.717) is 31.0 Å². The Morgan fingerprint density at radius 1 is 1.12 bits per heavy atom. The summed E-state index contributed by atoms with van der Waals surface area (Å²) in [7, 11) is 0. The summed E-state index contributed by atoms with van der Waals surface area (Å²) in [6.07, 6.45) is 4.30. The third-order valence-corrected chi connectivity index (χ3v) is 9.82.